The Hall–Kier alpha value is -3.47. The molecule has 0 aliphatic rings. The average molecular weight is 512 g/mol. The van der Waals surface area contributed by atoms with Gasteiger partial charge in [-0.05, 0) is 66.7 Å². The first-order chi connectivity index (χ1) is 16.4. The molecular weight excluding hydrogens is 494 g/mol. The van der Waals surface area contributed by atoms with Gasteiger partial charge in [-0.2, -0.15) is 0 Å². The fourth-order valence-electron chi connectivity index (χ4n) is 2.81. The van der Waals surface area contributed by atoms with E-state index in [1.54, 1.807) is 66.9 Å². The lowest BCUT2D eigenvalue weighted by Crippen LogP contribution is -2.13. The number of Topliss-reactive ketones (excluding diaryl/α,β-unsaturated/α-hetero) is 1. The first-order valence-electron chi connectivity index (χ1n) is 9.95. The van der Waals surface area contributed by atoms with Crippen molar-refractivity contribution < 1.29 is 13.2 Å². The number of sulfonamides is 1. The predicted octanol–water partition coefficient (Wildman–Crippen LogP) is 5.04. The van der Waals surface area contributed by atoms with Crippen LogP contribution in [0.4, 0.5) is 17.3 Å². The topological polar surface area (TPSA) is 114 Å². The third-order valence-corrected chi connectivity index (χ3v) is 6.96. The van der Waals surface area contributed by atoms with E-state index in [4.69, 9.17) is 11.6 Å². The molecule has 0 aliphatic heterocycles. The molecule has 0 fully saturated rings. The maximum atomic E-state index is 12.5. The Kier molecular flexibility index (Phi) is 7.41. The molecule has 0 saturated heterocycles. The third-order valence-electron chi connectivity index (χ3n) is 4.47. The molecule has 0 spiro atoms. The molecule has 4 rings (SSSR count). The van der Waals surface area contributed by atoms with E-state index in [0.29, 0.717) is 27.2 Å². The van der Waals surface area contributed by atoms with E-state index < -0.39 is 10.0 Å². The van der Waals surface area contributed by atoms with Crippen LogP contribution in [0.25, 0.3) is 0 Å². The molecule has 2 heterocycles. The number of carbonyl (C=O) groups is 1. The van der Waals surface area contributed by atoms with Gasteiger partial charge in [0.25, 0.3) is 10.0 Å². The van der Waals surface area contributed by atoms with E-state index in [1.807, 2.05) is 0 Å². The number of hydrogen-bond acceptors (Lipinski definition) is 8. The Labute approximate surface area is 205 Å². The second-order valence-electron chi connectivity index (χ2n) is 6.91. The number of thioether (sulfide) groups is 1. The summed E-state index contributed by atoms with van der Waals surface area (Å²) in [6.07, 6.45) is 3.09. The highest BCUT2D eigenvalue weighted by Gasteiger charge is 2.15. The van der Waals surface area contributed by atoms with Gasteiger partial charge in [-0.25, -0.2) is 23.4 Å². The number of pyridine rings is 1. The zero-order valence-electron chi connectivity index (χ0n) is 17.6. The van der Waals surface area contributed by atoms with Crippen molar-refractivity contribution in [2.24, 2.45) is 0 Å². The normalized spacial score (nSPS) is 11.1. The number of halogens is 1. The first kappa shape index (κ1) is 23.7. The van der Waals surface area contributed by atoms with Crippen LogP contribution in [0.15, 0.2) is 95.2 Å². The summed E-state index contributed by atoms with van der Waals surface area (Å²) in [4.78, 5) is 25.0. The van der Waals surface area contributed by atoms with Gasteiger partial charge in [-0.15, -0.1) is 0 Å². The molecule has 2 aromatic carbocycles. The molecule has 0 radical (unpaired) electrons. The van der Waals surface area contributed by atoms with Gasteiger partial charge in [0.05, 0.1) is 10.6 Å². The summed E-state index contributed by atoms with van der Waals surface area (Å²) in [5.41, 5.74) is 1.21. The van der Waals surface area contributed by atoms with E-state index in [0.717, 1.165) is 0 Å². The van der Waals surface area contributed by atoms with Crippen LogP contribution in [0.3, 0.4) is 0 Å². The predicted molar refractivity (Wildman–Crippen MR) is 133 cm³/mol. The van der Waals surface area contributed by atoms with Crippen molar-refractivity contribution in [3.05, 3.63) is 95.8 Å². The van der Waals surface area contributed by atoms with Crippen LogP contribution in [0, 0.1) is 0 Å². The number of hydrogen-bond donors (Lipinski definition) is 2. The summed E-state index contributed by atoms with van der Waals surface area (Å²) < 4.78 is 27.5. The van der Waals surface area contributed by atoms with E-state index in [2.05, 4.69) is 25.0 Å². The number of carbonyl (C=O) groups excluding carboxylic acids is 1. The minimum atomic E-state index is -3.76. The minimum absolute atomic E-state index is 0.0558. The van der Waals surface area contributed by atoms with Crippen LogP contribution < -0.4 is 10.0 Å². The second kappa shape index (κ2) is 10.6. The van der Waals surface area contributed by atoms with Gasteiger partial charge < -0.3 is 5.32 Å². The highest BCUT2D eigenvalue weighted by atomic mass is 35.5. The second-order valence-corrected chi connectivity index (χ2v) is 9.97. The molecule has 34 heavy (non-hydrogen) atoms. The molecule has 11 heteroatoms. The van der Waals surface area contributed by atoms with Crippen LogP contribution in [-0.2, 0) is 10.0 Å². The smallest absolute Gasteiger partial charge is 0.263 e. The van der Waals surface area contributed by atoms with Crippen molar-refractivity contribution in [2.75, 3.05) is 15.8 Å². The number of benzene rings is 2. The molecule has 0 aliphatic carbocycles. The Morgan fingerprint density at radius 3 is 2.35 bits per heavy atom. The van der Waals surface area contributed by atoms with Crippen LogP contribution in [0.5, 0.6) is 0 Å². The average Bonchev–Trinajstić information content (AvgIpc) is 2.84. The van der Waals surface area contributed by atoms with Gasteiger partial charge in [-0.3, -0.25) is 9.52 Å². The standard InChI is InChI=1S/C23H18ClN5O3S2/c24-17-6-4-16(5-7-17)20(30)15-33-23-26-14-12-22(28-23)27-18-8-10-19(11-9-18)34(31,32)29-21-3-1-2-13-25-21/h1-14H,15H2,(H,25,29)(H,26,27,28). The number of rotatable bonds is 9. The number of nitrogens with one attached hydrogen (secondary N) is 2. The zero-order chi connectivity index (χ0) is 24.0. The molecule has 2 N–H and O–H groups in total. The lowest BCUT2D eigenvalue weighted by molar-refractivity contribution is 0.102. The van der Waals surface area contributed by atoms with Crippen molar-refractivity contribution in [3.63, 3.8) is 0 Å². The number of aromatic nitrogens is 3. The monoisotopic (exact) mass is 511 g/mol. The third kappa shape index (κ3) is 6.31. The van der Waals surface area contributed by atoms with Crippen LogP contribution in [-0.4, -0.2) is 34.9 Å². The minimum Gasteiger partial charge on any atom is -0.340 e. The van der Waals surface area contributed by atoms with Crippen LogP contribution in [0.2, 0.25) is 5.02 Å². The Balaban J connectivity index is 1.38. The van der Waals surface area contributed by atoms with Crippen LogP contribution >= 0.6 is 23.4 Å². The Bertz CT molecular complexity index is 1380. The van der Waals surface area contributed by atoms with Crippen molar-refractivity contribution in [1.82, 2.24) is 15.0 Å². The number of anilines is 3. The van der Waals surface area contributed by atoms with Gasteiger partial charge in [-0.1, -0.05) is 29.4 Å². The van der Waals surface area contributed by atoms with Gasteiger partial charge in [0.15, 0.2) is 10.9 Å². The van der Waals surface area contributed by atoms with Crippen LogP contribution in [0.1, 0.15) is 10.4 Å². The maximum Gasteiger partial charge on any atom is 0.263 e. The largest absolute Gasteiger partial charge is 0.340 e. The summed E-state index contributed by atoms with van der Waals surface area (Å²) in [5.74, 6) is 0.879. The summed E-state index contributed by atoms with van der Waals surface area (Å²) in [5, 5.41) is 4.11. The molecule has 8 nitrogen and oxygen atoms in total. The number of ketones is 1. The summed E-state index contributed by atoms with van der Waals surface area (Å²) >= 11 is 7.08. The van der Waals surface area contributed by atoms with E-state index in [1.165, 1.54) is 30.1 Å². The quantitative estimate of drug-likeness (QED) is 0.182. The fraction of sp³-hybridized carbons (Fsp3) is 0.0435. The molecule has 2 aromatic heterocycles. The Morgan fingerprint density at radius 1 is 0.882 bits per heavy atom. The van der Waals surface area contributed by atoms with Gasteiger partial charge >= 0.3 is 0 Å². The first-order valence-corrected chi connectivity index (χ1v) is 12.8. The molecule has 172 valence electrons. The molecule has 0 atom stereocenters. The molecule has 0 unspecified atom stereocenters. The number of nitrogens with zero attached hydrogens (tertiary/aromatic N) is 3. The van der Waals surface area contributed by atoms with Gasteiger partial charge in [0.2, 0.25) is 0 Å². The molecule has 0 amide bonds. The maximum absolute atomic E-state index is 12.5. The summed E-state index contributed by atoms with van der Waals surface area (Å²) in [6.45, 7) is 0. The molecular formula is C23H18ClN5O3S2. The van der Waals surface area contributed by atoms with Crippen molar-refractivity contribution in [2.45, 2.75) is 10.1 Å². The molecule has 0 bridgehead atoms. The Morgan fingerprint density at radius 2 is 1.65 bits per heavy atom. The van der Waals surface area contributed by atoms with E-state index in [-0.39, 0.29) is 22.2 Å². The molecule has 0 saturated carbocycles. The van der Waals surface area contributed by atoms with E-state index in [9.17, 15) is 13.2 Å². The lowest BCUT2D eigenvalue weighted by atomic mass is 10.1. The fourth-order valence-corrected chi connectivity index (χ4v) is 4.67. The lowest BCUT2D eigenvalue weighted by Gasteiger charge is -2.09. The zero-order valence-corrected chi connectivity index (χ0v) is 19.9. The summed E-state index contributed by atoms with van der Waals surface area (Å²) in [7, 11) is -3.76. The van der Waals surface area contributed by atoms with Gasteiger partial charge in [0.1, 0.15) is 11.6 Å². The van der Waals surface area contributed by atoms with Crippen molar-refractivity contribution in [1.29, 1.82) is 0 Å². The van der Waals surface area contributed by atoms with E-state index >= 15 is 0 Å². The van der Waals surface area contributed by atoms with Crippen molar-refractivity contribution >= 4 is 56.5 Å². The van der Waals surface area contributed by atoms with Crippen molar-refractivity contribution in [3.8, 4) is 0 Å². The highest BCUT2D eigenvalue weighted by Crippen LogP contribution is 2.22. The highest BCUT2D eigenvalue weighted by molar-refractivity contribution is 7.99. The van der Waals surface area contributed by atoms with Gasteiger partial charge in [0, 0.05) is 28.7 Å². The summed E-state index contributed by atoms with van der Waals surface area (Å²) in [6, 6.07) is 19.6. The molecule has 4 aromatic rings. The SMILES string of the molecule is O=C(CSc1nccc(Nc2ccc(S(=O)(=O)Nc3ccccn3)cc2)n1)c1ccc(Cl)cc1.